The molecule has 2 aromatic rings. The second kappa shape index (κ2) is 5.76. The Morgan fingerprint density at radius 3 is 2.52 bits per heavy atom. The van der Waals surface area contributed by atoms with E-state index in [1.54, 1.807) is 6.07 Å². The van der Waals surface area contributed by atoms with E-state index in [2.05, 4.69) is 0 Å². The molecule has 1 aliphatic rings. The monoisotopic (exact) mass is 286 g/mol. The summed E-state index contributed by atoms with van der Waals surface area (Å²) in [4.78, 5) is 12.5. The molecule has 0 aliphatic heterocycles. The first kappa shape index (κ1) is 13.9. The SMILES string of the molecule is O=C(Cc1cccc(F)c1F)c1ccccc1C1CCC1. The summed E-state index contributed by atoms with van der Waals surface area (Å²) in [6.07, 6.45) is 3.27. The van der Waals surface area contributed by atoms with Gasteiger partial charge in [-0.2, -0.15) is 0 Å². The number of carbonyl (C=O) groups excluding carboxylic acids is 1. The van der Waals surface area contributed by atoms with E-state index in [1.165, 1.54) is 18.6 Å². The van der Waals surface area contributed by atoms with Crippen LogP contribution in [0.15, 0.2) is 42.5 Å². The maximum absolute atomic E-state index is 13.7. The number of ketones is 1. The van der Waals surface area contributed by atoms with E-state index in [9.17, 15) is 13.6 Å². The van der Waals surface area contributed by atoms with Crippen molar-refractivity contribution in [3.05, 3.63) is 70.8 Å². The zero-order chi connectivity index (χ0) is 14.8. The third-order valence-electron chi connectivity index (χ3n) is 4.19. The van der Waals surface area contributed by atoms with E-state index in [-0.39, 0.29) is 17.8 Å². The lowest BCUT2D eigenvalue weighted by Gasteiger charge is -2.27. The first-order chi connectivity index (χ1) is 10.2. The van der Waals surface area contributed by atoms with Crippen LogP contribution in [-0.2, 0) is 6.42 Å². The molecule has 1 nitrogen and oxygen atoms in total. The first-order valence-corrected chi connectivity index (χ1v) is 7.22. The fourth-order valence-electron chi connectivity index (χ4n) is 2.78. The fraction of sp³-hybridized carbons (Fsp3) is 0.278. The molecule has 1 fully saturated rings. The van der Waals surface area contributed by atoms with Crippen LogP contribution in [0.5, 0.6) is 0 Å². The molecule has 0 saturated heterocycles. The summed E-state index contributed by atoms with van der Waals surface area (Å²) in [5.74, 6) is -1.55. The average Bonchev–Trinajstić information content (AvgIpc) is 2.42. The highest BCUT2D eigenvalue weighted by Gasteiger charge is 2.24. The van der Waals surface area contributed by atoms with Crippen LogP contribution in [0.2, 0.25) is 0 Å². The Bertz CT molecular complexity index is 675. The molecule has 1 saturated carbocycles. The number of hydrogen-bond acceptors (Lipinski definition) is 1. The predicted octanol–water partition coefficient (Wildman–Crippen LogP) is 4.66. The number of Topliss-reactive ketones (excluding diaryl/α,β-unsaturated/α-hetero) is 1. The molecule has 21 heavy (non-hydrogen) atoms. The summed E-state index contributed by atoms with van der Waals surface area (Å²) < 4.78 is 26.9. The van der Waals surface area contributed by atoms with Crippen molar-refractivity contribution in [2.45, 2.75) is 31.6 Å². The van der Waals surface area contributed by atoms with Crippen molar-refractivity contribution in [2.75, 3.05) is 0 Å². The minimum atomic E-state index is -0.924. The molecule has 0 heterocycles. The summed E-state index contributed by atoms with van der Waals surface area (Å²) in [6.45, 7) is 0. The molecule has 0 spiro atoms. The van der Waals surface area contributed by atoms with Crippen LogP contribution in [0.3, 0.4) is 0 Å². The van der Waals surface area contributed by atoms with Gasteiger partial charge in [0, 0.05) is 12.0 Å². The van der Waals surface area contributed by atoms with Gasteiger partial charge in [0.25, 0.3) is 0 Å². The van der Waals surface area contributed by atoms with Crippen molar-refractivity contribution in [3.8, 4) is 0 Å². The quantitative estimate of drug-likeness (QED) is 0.747. The van der Waals surface area contributed by atoms with Gasteiger partial charge in [0.1, 0.15) is 0 Å². The smallest absolute Gasteiger partial charge is 0.167 e. The van der Waals surface area contributed by atoms with Gasteiger partial charge >= 0.3 is 0 Å². The molecule has 0 radical (unpaired) electrons. The van der Waals surface area contributed by atoms with Gasteiger partial charge in [-0.1, -0.05) is 42.8 Å². The largest absolute Gasteiger partial charge is 0.294 e. The Hall–Kier alpha value is -2.03. The fourth-order valence-corrected chi connectivity index (χ4v) is 2.78. The highest BCUT2D eigenvalue weighted by atomic mass is 19.2. The third-order valence-corrected chi connectivity index (χ3v) is 4.19. The average molecular weight is 286 g/mol. The van der Waals surface area contributed by atoms with Gasteiger partial charge in [-0.3, -0.25) is 4.79 Å². The van der Waals surface area contributed by atoms with Gasteiger partial charge in [-0.15, -0.1) is 0 Å². The van der Waals surface area contributed by atoms with E-state index < -0.39 is 11.6 Å². The number of benzene rings is 2. The summed E-state index contributed by atoms with van der Waals surface area (Å²) in [7, 11) is 0. The number of carbonyl (C=O) groups is 1. The molecule has 108 valence electrons. The Kier molecular flexibility index (Phi) is 3.82. The van der Waals surface area contributed by atoms with Crippen LogP contribution in [0.25, 0.3) is 0 Å². The molecule has 3 heteroatoms. The molecule has 0 unspecified atom stereocenters. The number of halogens is 2. The molecule has 0 bridgehead atoms. The third kappa shape index (κ3) is 2.73. The summed E-state index contributed by atoms with van der Waals surface area (Å²) in [5.41, 5.74) is 1.81. The molecule has 0 amide bonds. The molecule has 1 aliphatic carbocycles. The zero-order valence-corrected chi connectivity index (χ0v) is 11.6. The molecule has 0 atom stereocenters. The Balaban J connectivity index is 1.87. The number of rotatable bonds is 4. The number of hydrogen-bond donors (Lipinski definition) is 0. The summed E-state index contributed by atoms with van der Waals surface area (Å²) in [5, 5.41) is 0. The van der Waals surface area contributed by atoms with Crippen molar-refractivity contribution in [2.24, 2.45) is 0 Å². The second-order valence-electron chi connectivity index (χ2n) is 5.53. The lowest BCUT2D eigenvalue weighted by Crippen LogP contribution is -2.15. The van der Waals surface area contributed by atoms with Gasteiger partial charge in [0.15, 0.2) is 17.4 Å². The second-order valence-corrected chi connectivity index (χ2v) is 5.53. The topological polar surface area (TPSA) is 17.1 Å². The van der Waals surface area contributed by atoms with Crippen molar-refractivity contribution >= 4 is 5.78 Å². The molecule has 0 aromatic heterocycles. The van der Waals surface area contributed by atoms with Gasteiger partial charge < -0.3 is 0 Å². The Labute approximate surface area is 122 Å². The van der Waals surface area contributed by atoms with Gasteiger partial charge in [0.2, 0.25) is 0 Å². The van der Waals surface area contributed by atoms with Crippen LogP contribution in [0, 0.1) is 11.6 Å². The predicted molar refractivity (Wildman–Crippen MR) is 77.4 cm³/mol. The zero-order valence-electron chi connectivity index (χ0n) is 11.6. The van der Waals surface area contributed by atoms with E-state index in [0.717, 1.165) is 24.5 Å². The molecule has 2 aromatic carbocycles. The molecular weight excluding hydrogens is 270 g/mol. The van der Waals surface area contributed by atoms with Gasteiger partial charge in [-0.25, -0.2) is 8.78 Å². The van der Waals surface area contributed by atoms with Crippen molar-refractivity contribution in [1.29, 1.82) is 0 Å². The van der Waals surface area contributed by atoms with Crippen LogP contribution >= 0.6 is 0 Å². The van der Waals surface area contributed by atoms with Gasteiger partial charge in [0.05, 0.1) is 0 Å². The van der Waals surface area contributed by atoms with E-state index >= 15 is 0 Å². The van der Waals surface area contributed by atoms with Crippen LogP contribution in [0.4, 0.5) is 8.78 Å². The lowest BCUT2D eigenvalue weighted by molar-refractivity contribution is 0.0989. The van der Waals surface area contributed by atoms with E-state index in [0.29, 0.717) is 11.5 Å². The van der Waals surface area contributed by atoms with E-state index in [4.69, 9.17) is 0 Å². The molecule has 0 N–H and O–H groups in total. The summed E-state index contributed by atoms with van der Waals surface area (Å²) >= 11 is 0. The maximum Gasteiger partial charge on any atom is 0.167 e. The summed E-state index contributed by atoms with van der Waals surface area (Å²) in [6, 6.07) is 11.4. The Morgan fingerprint density at radius 1 is 1.05 bits per heavy atom. The minimum Gasteiger partial charge on any atom is -0.294 e. The van der Waals surface area contributed by atoms with Crippen molar-refractivity contribution < 1.29 is 13.6 Å². The minimum absolute atomic E-state index is 0.104. The molecule has 3 rings (SSSR count). The van der Waals surface area contributed by atoms with Crippen molar-refractivity contribution in [3.63, 3.8) is 0 Å². The van der Waals surface area contributed by atoms with E-state index in [1.807, 2.05) is 18.2 Å². The maximum atomic E-state index is 13.7. The van der Waals surface area contributed by atoms with Gasteiger partial charge in [-0.05, 0) is 36.0 Å². The van der Waals surface area contributed by atoms with Crippen LogP contribution in [0.1, 0.15) is 46.7 Å². The Morgan fingerprint density at radius 2 is 1.81 bits per heavy atom. The molecular formula is C18H16F2O. The normalized spacial score (nSPS) is 14.8. The van der Waals surface area contributed by atoms with Crippen LogP contribution in [-0.4, -0.2) is 5.78 Å². The highest BCUT2D eigenvalue weighted by Crippen LogP contribution is 2.38. The van der Waals surface area contributed by atoms with Crippen LogP contribution < -0.4 is 0 Å². The standard InChI is InChI=1S/C18H16F2O/c19-16-10-4-7-13(18(16)20)11-17(21)15-9-2-1-8-14(15)12-5-3-6-12/h1-2,4,7-10,12H,3,5-6,11H2. The van der Waals surface area contributed by atoms with Crippen molar-refractivity contribution in [1.82, 2.24) is 0 Å². The highest BCUT2D eigenvalue weighted by molar-refractivity contribution is 5.99. The lowest BCUT2D eigenvalue weighted by atomic mass is 9.77. The first-order valence-electron chi connectivity index (χ1n) is 7.22.